The number of nitrogens with zero attached hydrogens (tertiary/aromatic N) is 4. The molecule has 0 aliphatic heterocycles. The molecule has 6 atom stereocenters. The maximum absolute atomic E-state index is 6.60. The number of hydrogen-bond acceptors (Lipinski definition) is 10. The smallest absolute Gasteiger partial charge is 0.0191 e. The van der Waals surface area contributed by atoms with Gasteiger partial charge in [0.25, 0.3) is 0 Å². The van der Waals surface area contributed by atoms with Gasteiger partial charge >= 0.3 is 0 Å². The first-order valence-corrected chi connectivity index (χ1v) is 18.7. The van der Waals surface area contributed by atoms with Crippen LogP contribution in [0.4, 0.5) is 0 Å². The van der Waals surface area contributed by atoms with Gasteiger partial charge in [-0.3, -0.25) is 19.6 Å². The molecule has 0 saturated carbocycles. The second-order valence-electron chi connectivity index (χ2n) is 16.6. The third-order valence-corrected chi connectivity index (χ3v) is 10.1. The second kappa shape index (κ2) is 23.9. The van der Waals surface area contributed by atoms with E-state index in [0.29, 0.717) is 35.5 Å². The summed E-state index contributed by atoms with van der Waals surface area (Å²) in [6, 6.07) is 0.688. The summed E-state index contributed by atoms with van der Waals surface area (Å²) in [5.74, 6) is 2.51. The Morgan fingerprint density at radius 2 is 0.391 bits per heavy atom. The quantitative estimate of drug-likeness (QED) is 0.0770. The molecule has 10 nitrogen and oxygen atoms in total. The Labute approximate surface area is 287 Å². The first-order chi connectivity index (χ1) is 21.2. The molecule has 0 aromatic carbocycles. The van der Waals surface area contributed by atoms with Crippen molar-refractivity contribution in [1.82, 2.24) is 19.6 Å². The molecule has 0 fully saturated rings. The van der Waals surface area contributed by atoms with Gasteiger partial charge in [-0.05, 0) is 35.5 Å². The molecule has 0 rings (SSSR count). The predicted octanol–water partition coefficient (Wildman–Crippen LogP) is 2.09. The van der Waals surface area contributed by atoms with Crippen LogP contribution in [0.2, 0.25) is 0 Å². The molecule has 0 radical (unpaired) electrons. The van der Waals surface area contributed by atoms with E-state index in [1.165, 1.54) is 0 Å². The summed E-state index contributed by atoms with van der Waals surface area (Å²) in [6.45, 7) is 37.1. The third kappa shape index (κ3) is 20.2. The Kier molecular flexibility index (Phi) is 23.7. The average molecular weight is 657 g/mol. The van der Waals surface area contributed by atoms with E-state index in [4.69, 9.17) is 34.4 Å². The normalized spacial score (nSPS) is 17.2. The Morgan fingerprint density at radius 3 is 0.522 bits per heavy atom. The van der Waals surface area contributed by atoms with Crippen LogP contribution >= 0.6 is 0 Å². The first kappa shape index (κ1) is 45.6. The van der Waals surface area contributed by atoms with Crippen LogP contribution in [0.5, 0.6) is 0 Å². The van der Waals surface area contributed by atoms with Crippen molar-refractivity contribution in [3.05, 3.63) is 0 Å². The lowest BCUT2D eigenvalue weighted by Gasteiger charge is -2.36. The standard InChI is InChI=1S/C36H84N10/c1-25(2)31(37)19-44(20-32(38)26(3)4)16-13-43(14-17-45(21-33(39)27(5)6)22-34(40)28(7)8)15-18-46(23-35(41)29(9)10)24-36(42)30(11)12/h25-36H,13-24,37-42H2,1-12H3/t31-,32-,33-,34-,35-,36-/m1/s1. The fourth-order valence-electron chi connectivity index (χ4n) is 5.01. The number of nitrogens with two attached hydrogens (primary N) is 6. The molecule has 0 unspecified atom stereocenters. The molecule has 278 valence electrons. The van der Waals surface area contributed by atoms with Crippen LogP contribution in [0.25, 0.3) is 0 Å². The molecule has 10 heteroatoms. The summed E-state index contributed by atoms with van der Waals surface area (Å²) in [5.41, 5.74) is 39.6. The summed E-state index contributed by atoms with van der Waals surface area (Å²) in [5, 5.41) is 0. The zero-order chi connectivity index (χ0) is 35.7. The molecule has 0 heterocycles. The summed E-state index contributed by atoms with van der Waals surface area (Å²) < 4.78 is 0. The number of rotatable bonds is 27. The lowest BCUT2D eigenvalue weighted by molar-refractivity contribution is 0.130. The van der Waals surface area contributed by atoms with Crippen LogP contribution in [0, 0.1) is 35.5 Å². The molecular weight excluding hydrogens is 572 g/mol. The van der Waals surface area contributed by atoms with Gasteiger partial charge < -0.3 is 34.4 Å². The van der Waals surface area contributed by atoms with Gasteiger partial charge in [-0.1, -0.05) is 83.1 Å². The molecule has 0 aromatic rings. The Morgan fingerprint density at radius 1 is 0.261 bits per heavy atom. The van der Waals surface area contributed by atoms with Gasteiger partial charge in [0.05, 0.1) is 0 Å². The van der Waals surface area contributed by atoms with Crippen LogP contribution < -0.4 is 34.4 Å². The molecule has 0 aliphatic rings. The van der Waals surface area contributed by atoms with E-state index < -0.39 is 0 Å². The zero-order valence-corrected chi connectivity index (χ0v) is 32.7. The minimum absolute atomic E-state index is 0.115. The molecule has 0 saturated heterocycles. The third-order valence-electron chi connectivity index (χ3n) is 10.1. The highest BCUT2D eigenvalue weighted by Crippen LogP contribution is 2.10. The van der Waals surface area contributed by atoms with Gasteiger partial charge in [-0.15, -0.1) is 0 Å². The van der Waals surface area contributed by atoms with Gasteiger partial charge in [0.1, 0.15) is 0 Å². The first-order valence-electron chi connectivity index (χ1n) is 18.7. The van der Waals surface area contributed by atoms with Crippen molar-refractivity contribution >= 4 is 0 Å². The van der Waals surface area contributed by atoms with Gasteiger partial charge in [-0.25, -0.2) is 0 Å². The minimum Gasteiger partial charge on any atom is -0.326 e. The largest absolute Gasteiger partial charge is 0.326 e. The second-order valence-corrected chi connectivity index (χ2v) is 16.6. The average Bonchev–Trinajstić information content (AvgIpc) is 2.95. The van der Waals surface area contributed by atoms with E-state index in [1.54, 1.807) is 0 Å². The lowest BCUT2D eigenvalue weighted by atomic mass is 10.0. The van der Waals surface area contributed by atoms with Crippen LogP contribution in [0.15, 0.2) is 0 Å². The Bertz CT molecular complexity index is 588. The van der Waals surface area contributed by atoms with Crippen molar-refractivity contribution in [3.63, 3.8) is 0 Å². The summed E-state index contributed by atoms with van der Waals surface area (Å²) in [7, 11) is 0. The molecule has 0 amide bonds. The van der Waals surface area contributed by atoms with Crippen molar-refractivity contribution in [2.24, 2.45) is 69.9 Å². The zero-order valence-electron chi connectivity index (χ0n) is 32.7. The van der Waals surface area contributed by atoms with Crippen molar-refractivity contribution in [2.45, 2.75) is 119 Å². The Hall–Kier alpha value is -0.400. The van der Waals surface area contributed by atoms with Crippen LogP contribution in [0.3, 0.4) is 0 Å². The van der Waals surface area contributed by atoms with E-state index in [9.17, 15) is 0 Å². The van der Waals surface area contributed by atoms with Crippen LogP contribution in [0.1, 0.15) is 83.1 Å². The van der Waals surface area contributed by atoms with Crippen molar-refractivity contribution in [3.8, 4) is 0 Å². The van der Waals surface area contributed by atoms with Gasteiger partial charge in [0, 0.05) is 115 Å². The highest BCUT2D eigenvalue weighted by Gasteiger charge is 2.23. The molecule has 12 N–H and O–H groups in total. The van der Waals surface area contributed by atoms with Crippen LogP contribution in [-0.4, -0.2) is 134 Å². The van der Waals surface area contributed by atoms with E-state index in [-0.39, 0.29) is 36.3 Å². The Balaban J connectivity index is 6.07. The van der Waals surface area contributed by atoms with Gasteiger partial charge in [-0.2, -0.15) is 0 Å². The van der Waals surface area contributed by atoms with Crippen molar-refractivity contribution < 1.29 is 0 Å². The predicted molar refractivity (Wildman–Crippen MR) is 203 cm³/mol. The molecule has 0 bridgehead atoms. The highest BCUT2D eigenvalue weighted by atomic mass is 15.3. The van der Waals surface area contributed by atoms with E-state index in [1.807, 2.05) is 0 Å². The van der Waals surface area contributed by atoms with Crippen LogP contribution in [-0.2, 0) is 0 Å². The molecule has 0 spiro atoms. The van der Waals surface area contributed by atoms with Gasteiger partial charge in [0.2, 0.25) is 0 Å². The summed E-state index contributed by atoms with van der Waals surface area (Å²) >= 11 is 0. The number of hydrogen-bond donors (Lipinski definition) is 6. The fraction of sp³-hybridized carbons (Fsp3) is 1.00. The van der Waals surface area contributed by atoms with E-state index in [2.05, 4.69) is 103 Å². The maximum Gasteiger partial charge on any atom is 0.0191 e. The highest BCUT2D eigenvalue weighted by molar-refractivity contribution is 4.82. The van der Waals surface area contributed by atoms with Crippen molar-refractivity contribution in [1.29, 1.82) is 0 Å². The summed E-state index contributed by atoms with van der Waals surface area (Å²) in [6.07, 6.45) is 0. The maximum atomic E-state index is 6.60. The monoisotopic (exact) mass is 657 g/mol. The van der Waals surface area contributed by atoms with Crippen molar-refractivity contribution in [2.75, 3.05) is 78.5 Å². The topological polar surface area (TPSA) is 169 Å². The fourth-order valence-corrected chi connectivity index (χ4v) is 5.01. The molecule has 0 aromatic heterocycles. The van der Waals surface area contributed by atoms with E-state index >= 15 is 0 Å². The molecular formula is C36H84N10. The SMILES string of the molecule is CC(C)[C@H](N)CN(CCN(CCN(C[C@@H](N)C(C)C)C[C@@H](N)C(C)C)CCN(C[C@@H](N)C(C)C)C[C@@H](N)C(C)C)C[C@@H](N)C(C)C. The van der Waals surface area contributed by atoms with Gasteiger partial charge in [0.15, 0.2) is 0 Å². The minimum atomic E-state index is 0.115. The molecule has 46 heavy (non-hydrogen) atoms. The lowest BCUT2D eigenvalue weighted by Crippen LogP contribution is -2.52. The van der Waals surface area contributed by atoms with E-state index in [0.717, 1.165) is 78.5 Å². The summed E-state index contributed by atoms with van der Waals surface area (Å²) in [4.78, 5) is 10.1. The molecule has 0 aliphatic carbocycles.